The van der Waals surface area contributed by atoms with Crippen LogP contribution in [-0.2, 0) is 17.6 Å². The van der Waals surface area contributed by atoms with Gasteiger partial charge in [-0.3, -0.25) is 9.59 Å². The highest BCUT2D eigenvalue weighted by Crippen LogP contribution is 2.38. The smallest absolute Gasteiger partial charge is 0.323 e. The van der Waals surface area contributed by atoms with Crippen LogP contribution in [0.4, 0.5) is 4.39 Å². The Morgan fingerprint density at radius 3 is 2.54 bits per heavy atom. The van der Waals surface area contributed by atoms with Gasteiger partial charge in [-0.25, -0.2) is 4.39 Å². The highest BCUT2D eigenvalue weighted by molar-refractivity contribution is 6.30. The number of ether oxygens (including phenoxy) is 2. The summed E-state index contributed by atoms with van der Waals surface area (Å²) in [7, 11) is 0. The van der Waals surface area contributed by atoms with Crippen molar-refractivity contribution in [2.75, 3.05) is 19.7 Å². The molecule has 1 aliphatic heterocycles. The first-order valence-electron chi connectivity index (χ1n) is 14.2. The van der Waals surface area contributed by atoms with Crippen LogP contribution in [0.1, 0.15) is 72.0 Å². The molecule has 0 saturated heterocycles. The second-order valence-corrected chi connectivity index (χ2v) is 11.8. The molecule has 1 N–H and O–H groups in total. The maximum Gasteiger partial charge on any atom is 0.323 e. The predicted octanol–water partition coefficient (Wildman–Crippen LogP) is 7.07. The molecule has 3 aromatic rings. The summed E-state index contributed by atoms with van der Waals surface area (Å²) in [6, 6.07) is 18.0. The molecule has 5 rings (SSSR count). The predicted molar refractivity (Wildman–Crippen MR) is 156 cm³/mol. The molecule has 1 heterocycles. The number of carboxylic acids is 1. The number of carbonyl (C=O) groups excluding carboxylic acids is 1. The molecule has 41 heavy (non-hydrogen) atoms. The van der Waals surface area contributed by atoms with E-state index < -0.39 is 23.9 Å². The van der Waals surface area contributed by atoms with E-state index in [1.165, 1.54) is 54.7 Å². The molecule has 216 valence electrons. The molecule has 1 atom stereocenters. The Hall–Kier alpha value is -3.58. The Morgan fingerprint density at radius 2 is 1.83 bits per heavy atom. The second kappa shape index (κ2) is 12.5. The van der Waals surface area contributed by atoms with Crippen molar-refractivity contribution in [2.45, 2.75) is 63.4 Å². The molecule has 1 fully saturated rings. The molecule has 0 aromatic heterocycles. The van der Waals surface area contributed by atoms with Gasteiger partial charge in [0.05, 0.1) is 11.6 Å². The van der Waals surface area contributed by atoms with E-state index in [-0.39, 0.29) is 24.1 Å². The van der Waals surface area contributed by atoms with Crippen LogP contribution in [0.3, 0.4) is 0 Å². The summed E-state index contributed by atoms with van der Waals surface area (Å²) in [5.74, 6) is -0.00000971. The normalized spacial score (nSPS) is 18.4. The Balaban J connectivity index is 1.20. The number of fused-ring (bicyclic) bond motifs is 1. The summed E-state index contributed by atoms with van der Waals surface area (Å²) in [5.41, 5.74) is 2.70. The second-order valence-electron chi connectivity index (χ2n) is 11.3. The summed E-state index contributed by atoms with van der Waals surface area (Å²) in [6.45, 7) is 1.81. The van der Waals surface area contributed by atoms with Crippen molar-refractivity contribution in [3.63, 3.8) is 0 Å². The van der Waals surface area contributed by atoms with Gasteiger partial charge in [-0.1, -0.05) is 49.1 Å². The highest BCUT2D eigenvalue weighted by atomic mass is 35.5. The van der Waals surface area contributed by atoms with Gasteiger partial charge in [0, 0.05) is 18.4 Å². The minimum atomic E-state index is -1.09. The molecule has 3 aromatic carbocycles. The monoisotopic (exact) mass is 579 g/mol. The number of carboxylic acid groups (broad SMARTS) is 1. The average Bonchev–Trinajstić information content (AvgIpc) is 3.29. The molecule has 8 heteroatoms. The van der Waals surface area contributed by atoms with E-state index in [9.17, 15) is 19.1 Å². The fourth-order valence-corrected chi connectivity index (χ4v) is 6.10. The van der Waals surface area contributed by atoms with Gasteiger partial charge in [0.25, 0.3) is 5.91 Å². The number of benzene rings is 3. The number of nitrogens with zero attached hydrogens (tertiary/aromatic N) is 1. The Morgan fingerprint density at radius 1 is 1.07 bits per heavy atom. The molecule has 2 aliphatic rings. The quantitative estimate of drug-likeness (QED) is 0.278. The van der Waals surface area contributed by atoms with E-state index in [4.69, 9.17) is 21.1 Å². The van der Waals surface area contributed by atoms with Crippen LogP contribution in [0.2, 0.25) is 5.02 Å². The maximum atomic E-state index is 14.0. The highest BCUT2D eigenvalue weighted by Gasteiger charge is 2.36. The van der Waals surface area contributed by atoms with Crippen molar-refractivity contribution < 1.29 is 28.6 Å². The minimum Gasteiger partial charge on any atom is -0.492 e. The third-order valence-electron chi connectivity index (χ3n) is 7.99. The van der Waals surface area contributed by atoms with E-state index in [0.717, 1.165) is 11.1 Å². The van der Waals surface area contributed by atoms with Crippen molar-refractivity contribution in [3.8, 4) is 11.5 Å². The zero-order valence-electron chi connectivity index (χ0n) is 23.2. The lowest BCUT2D eigenvalue weighted by Gasteiger charge is -2.24. The van der Waals surface area contributed by atoms with Crippen molar-refractivity contribution in [3.05, 3.63) is 93.8 Å². The lowest BCUT2D eigenvalue weighted by molar-refractivity contribution is -0.137. The molecule has 1 aliphatic carbocycles. The summed E-state index contributed by atoms with van der Waals surface area (Å²) in [4.78, 5) is 26.2. The summed E-state index contributed by atoms with van der Waals surface area (Å²) < 4.78 is 26.0. The van der Waals surface area contributed by atoms with Gasteiger partial charge in [0.2, 0.25) is 0 Å². The molecule has 6 nitrogen and oxygen atoms in total. The zero-order chi connectivity index (χ0) is 29.0. The summed E-state index contributed by atoms with van der Waals surface area (Å²) >= 11 is 5.82. The third-order valence-corrected chi connectivity index (χ3v) is 8.30. The molecule has 0 spiro atoms. The van der Waals surface area contributed by atoms with Crippen LogP contribution in [0.5, 0.6) is 11.5 Å². The van der Waals surface area contributed by atoms with Crippen LogP contribution in [0, 0.1) is 5.82 Å². The van der Waals surface area contributed by atoms with Crippen molar-refractivity contribution in [2.24, 2.45) is 0 Å². The lowest BCUT2D eigenvalue weighted by atomic mass is 9.84. The van der Waals surface area contributed by atoms with Crippen molar-refractivity contribution in [1.82, 2.24) is 4.90 Å². The van der Waals surface area contributed by atoms with Gasteiger partial charge in [0.15, 0.2) is 0 Å². The first-order valence-corrected chi connectivity index (χ1v) is 14.6. The van der Waals surface area contributed by atoms with E-state index >= 15 is 0 Å². The van der Waals surface area contributed by atoms with E-state index in [1.807, 2.05) is 19.1 Å². The largest absolute Gasteiger partial charge is 0.492 e. The molecular weight excluding hydrogens is 545 g/mol. The third kappa shape index (κ3) is 7.20. The number of rotatable bonds is 10. The zero-order valence-corrected chi connectivity index (χ0v) is 24.0. The summed E-state index contributed by atoms with van der Waals surface area (Å²) in [6.07, 6.45) is 7.30. The topological polar surface area (TPSA) is 76.1 Å². The van der Waals surface area contributed by atoms with Gasteiger partial charge >= 0.3 is 5.97 Å². The van der Waals surface area contributed by atoms with Crippen LogP contribution in [0.25, 0.3) is 0 Å². The number of halogens is 2. The standard InChI is InChI=1S/C33H35ClFNO5/c1-33(19-22-7-13-28(34)29(35)17-22)20-26-18-25(10-14-30(26)41-33)32(39)36(21-31(37)38)15-16-40-27-11-8-24(9-12-27)23-5-3-2-4-6-23/h7-14,17-18,23H,2-6,15-16,19-21H2,1H3,(H,37,38). The molecule has 1 saturated carbocycles. The van der Waals surface area contributed by atoms with Gasteiger partial charge < -0.3 is 19.5 Å². The van der Waals surface area contributed by atoms with Crippen LogP contribution in [0.15, 0.2) is 60.7 Å². The van der Waals surface area contributed by atoms with E-state index in [2.05, 4.69) is 12.1 Å². The molecule has 0 radical (unpaired) electrons. The first kappa shape index (κ1) is 28.9. The first-order chi connectivity index (χ1) is 19.7. The Bertz CT molecular complexity index is 1410. The SMILES string of the molecule is CC1(Cc2ccc(Cl)c(F)c2)Cc2cc(C(=O)N(CCOc3ccc(C4CCCCC4)cc3)CC(=O)O)ccc2O1. The number of aliphatic carboxylic acids is 1. The van der Waals surface area contributed by atoms with Crippen LogP contribution < -0.4 is 9.47 Å². The Kier molecular flexibility index (Phi) is 8.83. The van der Waals surface area contributed by atoms with Gasteiger partial charge in [-0.2, -0.15) is 0 Å². The molecule has 1 unspecified atom stereocenters. The summed E-state index contributed by atoms with van der Waals surface area (Å²) in [5, 5.41) is 9.53. The molecule has 0 bridgehead atoms. The van der Waals surface area contributed by atoms with Crippen LogP contribution >= 0.6 is 11.6 Å². The van der Waals surface area contributed by atoms with Gasteiger partial charge in [-0.15, -0.1) is 0 Å². The van der Waals surface area contributed by atoms with Crippen molar-refractivity contribution >= 4 is 23.5 Å². The molecule has 1 amide bonds. The fraction of sp³-hybridized carbons (Fsp3) is 0.394. The van der Waals surface area contributed by atoms with E-state index in [1.54, 1.807) is 24.3 Å². The fourth-order valence-electron chi connectivity index (χ4n) is 5.98. The van der Waals surface area contributed by atoms with Crippen molar-refractivity contribution in [1.29, 1.82) is 0 Å². The van der Waals surface area contributed by atoms with Gasteiger partial charge in [0.1, 0.15) is 36.1 Å². The number of hydrogen-bond acceptors (Lipinski definition) is 4. The maximum absolute atomic E-state index is 14.0. The van der Waals surface area contributed by atoms with Gasteiger partial charge in [-0.05, 0) is 84.8 Å². The number of hydrogen-bond donors (Lipinski definition) is 1. The minimum absolute atomic E-state index is 0.0709. The number of amides is 1. The van der Waals surface area contributed by atoms with E-state index in [0.29, 0.717) is 35.8 Å². The number of carbonyl (C=O) groups is 2. The lowest BCUT2D eigenvalue weighted by Crippen LogP contribution is -2.38. The average molecular weight is 580 g/mol. The molecular formula is C33H35ClFNO5. The Labute approximate surface area is 245 Å². The van der Waals surface area contributed by atoms with Crippen LogP contribution in [-0.4, -0.2) is 47.2 Å².